The maximum atomic E-state index is 12.3. The second-order valence-electron chi connectivity index (χ2n) is 6.79. The topological polar surface area (TPSA) is 81.9 Å². The normalized spacial score (nSPS) is 11.2. The Morgan fingerprint density at radius 1 is 1.08 bits per heavy atom. The molecule has 3 aromatic rings. The van der Waals surface area contributed by atoms with Gasteiger partial charge in [0, 0.05) is 24.4 Å². The van der Waals surface area contributed by atoms with Crippen LogP contribution in [0.5, 0.6) is 0 Å². The minimum absolute atomic E-state index is 0.518. The number of carbonyl (C=O) groups is 1. The fraction of sp³-hybridized carbons (Fsp3) is 0.263. The van der Waals surface area contributed by atoms with Crippen molar-refractivity contribution in [2.45, 2.75) is 32.8 Å². The summed E-state index contributed by atoms with van der Waals surface area (Å²) in [7, 11) is 0. The van der Waals surface area contributed by atoms with E-state index < -0.39 is 11.7 Å². The van der Waals surface area contributed by atoms with E-state index in [9.17, 15) is 4.79 Å². The zero-order valence-corrected chi connectivity index (χ0v) is 15.0. The molecule has 0 bridgehead atoms. The first-order chi connectivity index (χ1) is 12.4. The Morgan fingerprint density at radius 3 is 2.42 bits per heavy atom. The number of pyridine rings is 1. The lowest BCUT2D eigenvalue weighted by Gasteiger charge is -2.20. The van der Waals surface area contributed by atoms with E-state index in [1.54, 1.807) is 17.1 Å². The van der Waals surface area contributed by atoms with Gasteiger partial charge >= 0.3 is 6.09 Å². The average molecular weight is 351 g/mol. The highest BCUT2D eigenvalue weighted by atomic mass is 16.6. The second kappa shape index (κ2) is 7.35. The monoisotopic (exact) mass is 351 g/mol. The van der Waals surface area contributed by atoms with Crippen LogP contribution >= 0.6 is 0 Å². The standard InChI is InChI=1S/C19H21N5O2/c1-19(2,3)26-18(25)23-24-16(13-14-7-5-4-6-8-14)21-22-17(24)15-9-11-20-12-10-15/h4-12H,13H2,1-3H3,(H,23,25). The first-order valence-corrected chi connectivity index (χ1v) is 8.31. The number of hydrogen-bond donors (Lipinski definition) is 1. The van der Waals surface area contributed by atoms with Crippen LogP contribution in [0.25, 0.3) is 11.4 Å². The summed E-state index contributed by atoms with van der Waals surface area (Å²) in [5, 5.41) is 8.51. The Balaban J connectivity index is 1.94. The number of hydrogen-bond acceptors (Lipinski definition) is 5. The van der Waals surface area contributed by atoms with Crippen LogP contribution in [0.1, 0.15) is 32.2 Å². The van der Waals surface area contributed by atoms with Crippen LogP contribution in [-0.4, -0.2) is 31.6 Å². The van der Waals surface area contributed by atoms with Gasteiger partial charge in [-0.1, -0.05) is 30.3 Å². The summed E-state index contributed by atoms with van der Waals surface area (Å²) in [5.74, 6) is 1.12. The van der Waals surface area contributed by atoms with Crippen LogP contribution in [-0.2, 0) is 11.2 Å². The highest BCUT2D eigenvalue weighted by molar-refractivity contribution is 5.77. The molecule has 26 heavy (non-hydrogen) atoms. The highest BCUT2D eigenvalue weighted by Crippen LogP contribution is 2.18. The Bertz CT molecular complexity index is 870. The molecule has 0 aliphatic heterocycles. The number of carbonyl (C=O) groups excluding carboxylic acids is 1. The van der Waals surface area contributed by atoms with Crippen LogP contribution in [0.4, 0.5) is 4.79 Å². The van der Waals surface area contributed by atoms with Gasteiger partial charge in [-0.25, -0.2) is 14.9 Å². The molecule has 1 aromatic carbocycles. The molecular formula is C19H21N5O2. The van der Waals surface area contributed by atoms with Gasteiger partial charge in [-0.2, -0.15) is 0 Å². The number of nitrogens with zero attached hydrogens (tertiary/aromatic N) is 4. The molecule has 0 unspecified atom stereocenters. The minimum Gasteiger partial charge on any atom is -0.443 e. The predicted molar refractivity (Wildman–Crippen MR) is 98.1 cm³/mol. The number of amides is 1. The minimum atomic E-state index is -0.603. The lowest BCUT2D eigenvalue weighted by molar-refractivity contribution is 0.0612. The fourth-order valence-corrected chi connectivity index (χ4v) is 2.41. The summed E-state index contributed by atoms with van der Waals surface area (Å²) in [5.41, 5.74) is 4.00. The summed E-state index contributed by atoms with van der Waals surface area (Å²) in [6.07, 6.45) is 3.29. The van der Waals surface area contributed by atoms with Gasteiger partial charge in [0.25, 0.3) is 0 Å². The van der Waals surface area contributed by atoms with Crippen LogP contribution in [0, 0.1) is 0 Å². The van der Waals surface area contributed by atoms with E-state index in [4.69, 9.17) is 4.74 Å². The summed E-state index contributed by atoms with van der Waals surface area (Å²) < 4.78 is 6.93. The quantitative estimate of drug-likeness (QED) is 0.779. The Morgan fingerprint density at radius 2 is 1.77 bits per heavy atom. The van der Waals surface area contributed by atoms with E-state index in [0.717, 1.165) is 11.1 Å². The van der Waals surface area contributed by atoms with Crippen molar-refractivity contribution in [1.29, 1.82) is 0 Å². The largest absolute Gasteiger partial charge is 0.443 e. The van der Waals surface area contributed by atoms with Crippen molar-refractivity contribution in [3.8, 4) is 11.4 Å². The summed E-state index contributed by atoms with van der Waals surface area (Å²) in [6, 6.07) is 13.5. The lowest BCUT2D eigenvalue weighted by atomic mass is 10.1. The molecule has 0 radical (unpaired) electrons. The Labute approximate surface area is 152 Å². The maximum Gasteiger partial charge on any atom is 0.427 e. The highest BCUT2D eigenvalue weighted by Gasteiger charge is 2.20. The number of aromatic nitrogens is 4. The molecule has 2 aromatic heterocycles. The SMILES string of the molecule is CC(C)(C)OC(=O)Nn1c(Cc2ccccc2)nnc1-c1ccncc1. The molecule has 0 fully saturated rings. The van der Waals surface area contributed by atoms with E-state index in [-0.39, 0.29) is 0 Å². The first-order valence-electron chi connectivity index (χ1n) is 8.31. The summed E-state index contributed by atoms with van der Waals surface area (Å²) in [6.45, 7) is 5.44. The van der Waals surface area contributed by atoms with Gasteiger partial charge in [-0.3, -0.25) is 4.98 Å². The molecule has 0 saturated carbocycles. The zero-order chi connectivity index (χ0) is 18.6. The number of benzene rings is 1. The molecule has 0 aliphatic carbocycles. The Kier molecular flexibility index (Phi) is 4.97. The first kappa shape index (κ1) is 17.6. The van der Waals surface area contributed by atoms with Crippen molar-refractivity contribution in [3.63, 3.8) is 0 Å². The molecule has 0 saturated heterocycles. The third-order valence-corrected chi connectivity index (χ3v) is 3.48. The van der Waals surface area contributed by atoms with Crippen molar-refractivity contribution in [2.24, 2.45) is 0 Å². The van der Waals surface area contributed by atoms with E-state index >= 15 is 0 Å². The maximum absolute atomic E-state index is 12.3. The van der Waals surface area contributed by atoms with Gasteiger partial charge < -0.3 is 4.74 Å². The van der Waals surface area contributed by atoms with Gasteiger partial charge in [0.1, 0.15) is 5.60 Å². The van der Waals surface area contributed by atoms with Crippen molar-refractivity contribution >= 4 is 6.09 Å². The third kappa shape index (κ3) is 4.44. The summed E-state index contributed by atoms with van der Waals surface area (Å²) >= 11 is 0. The van der Waals surface area contributed by atoms with Crippen molar-refractivity contribution in [3.05, 3.63) is 66.2 Å². The molecule has 7 heteroatoms. The van der Waals surface area contributed by atoms with E-state index in [1.165, 1.54) is 0 Å². The molecule has 0 aliphatic rings. The second-order valence-corrected chi connectivity index (χ2v) is 6.79. The zero-order valence-electron chi connectivity index (χ0n) is 15.0. The fourth-order valence-electron chi connectivity index (χ4n) is 2.41. The van der Waals surface area contributed by atoms with Gasteiger partial charge in [-0.15, -0.1) is 10.2 Å². The van der Waals surface area contributed by atoms with E-state index in [1.807, 2.05) is 63.2 Å². The van der Waals surface area contributed by atoms with Gasteiger partial charge in [0.05, 0.1) is 0 Å². The Hall–Kier alpha value is -3.22. The van der Waals surface area contributed by atoms with Gasteiger partial charge in [-0.05, 0) is 38.5 Å². The van der Waals surface area contributed by atoms with Gasteiger partial charge in [0.2, 0.25) is 0 Å². The molecule has 2 heterocycles. The number of ether oxygens (including phenoxy) is 1. The number of rotatable bonds is 4. The molecule has 3 rings (SSSR count). The molecular weight excluding hydrogens is 330 g/mol. The van der Waals surface area contributed by atoms with E-state index in [0.29, 0.717) is 18.1 Å². The third-order valence-electron chi connectivity index (χ3n) is 3.48. The van der Waals surface area contributed by atoms with Crippen molar-refractivity contribution in [1.82, 2.24) is 19.9 Å². The number of nitrogens with one attached hydrogen (secondary N) is 1. The molecule has 1 amide bonds. The van der Waals surface area contributed by atoms with Crippen LogP contribution in [0.2, 0.25) is 0 Å². The van der Waals surface area contributed by atoms with Crippen LogP contribution in [0.3, 0.4) is 0 Å². The molecule has 134 valence electrons. The van der Waals surface area contributed by atoms with Crippen LogP contribution in [0.15, 0.2) is 54.9 Å². The van der Waals surface area contributed by atoms with Gasteiger partial charge in [0.15, 0.2) is 11.6 Å². The molecule has 7 nitrogen and oxygen atoms in total. The van der Waals surface area contributed by atoms with Crippen LogP contribution < -0.4 is 5.43 Å². The van der Waals surface area contributed by atoms with E-state index in [2.05, 4.69) is 20.6 Å². The smallest absolute Gasteiger partial charge is 0.427 e. The summed E-state index contributed by atoms with van der Waals surface area (Å²) in [4.78, 5) is 16.3. The molecule has 1 N–H and O–H groups in total. The van der Waals surface area contributed by atoms with Crippen molar-refractivity contribution in [2.75, 3.05) is 5.43 Å². The lowest BCUT2D eigenvalue weighted by Crippen LogP contribution is -2.32. The average Bonchev–Trinajstić information content (AvgIpc) is 2.97. The molecule has 0 atom stereocenters. The van der Waals surface area contributed by atoms with Crippen molar-refractivity contribution < 1.29 is 9.53 Å². The molecule has 0 spiro atoms. The predicted octanol–water partition coefficient (Wildman–Crippen LogP) is 3.41.